The minimum absolute atomic E-state index is 0.126. The number of rotatable bonds is 5. The molecular weight excluding hydrogens is 223 g/mol. The Hall–Kier alpha value is -1.37. The van der Waals surface area contributed by atoms with E-state index < -0.39 is 0 Å². The number of hydrogen-bond acceptors (Lipinski definition) is 0. The molecule has 0 saturated heterocycles. The Morgan fingerprint density at radius 3 is 2.56 bits per heavy atom. The molecule has 0 N–H and O–H groups in total. The summed E-state index contributed by atoms with van der Waals surface area (Å²) in [6, 6.07) is 11.3. The molecule has 1 unspecified atom stereocenters. The van der Waals surface area contributed by atoms with Crippen LogP contribution in [0.2, 0.25) is 0 Å². The molecule has 0 saturated carbocycles. The van der Waals surface area contributed by atoms with Crippen molar-refractivity contribution in [3.05, 3.63) is 54.7 Å². The molecule has 0 nitrogen and oxygen atoms in total. The van der Waals surface area contributed by atoms with Crippen molar-refractivity contribution < 1.29 is 4.39 Å². The highest BCUT2D eigenvalue weighted by atomic mass is 19.1. The molecule has 0 heterocycles. The van der Waals surface area contributed by atoms with Crippen LogP contribution in [0.15, 0.2) is 36.4 Å². The maximum atomic E-state index is 13.7. The van der Waals surface area contributed by atoms with Gasteiger partial charge in [-0.2, -0.15) is 0 Å². The first-order valence-electron chi connectivity index (χ1n) is 6.70. The standard InChI is InChI=1S/C17H20F/c1-3-4-5-8-13(2)14-9-6-11-16-15(14)10-7-12-17(16)18/h6-7,9-13H,1,3-5,8H2,2H3. The fourth-order valence-corrected chi connectivity index (χ4v) is 2.51. The molecule has 0 aliphatic rings. The summed E-state index contributed by atoms with van der Waals surface area (Å²) in [6.07, 6.45) is 4.50. The largest absolute Gasteiger partial charge is 0.206 e. The topological polar surface area (TPSA) is 0 Å². The van der Waals surface area contributed by atoms with Crippen molar-refractivity contribution >= 4 is 10.8 Å². The van der Waals surface area contributed by atoms with Crippen molar-refractivity contribution in [1.82, 2.24) is 0 Å². The molecule has 0 aliphatic heterocycles. The molecule has 0 amide bonds. The third-order valence-electron chi connectivity index (χ3n) is 3.57. The smallest absolute Gasteiger partial charge is 0.131 e. The Morgan fingerprint density at radius 1 is 1.06 bits per heavy atom. The van der Waals surface area contributed by atoms with Gasteiger partial charge in [-0.15, -0.1) is 0 Å². The number of unbranched alkanes of at least 4 members (excludes halogenated alkanes) is 2. The van der Waals surface area contributed by atoms with Crippen LogP contribution in [0.1, 0.15) is 44.1 Å². The van der Waals surface area contributed by atoms with Gasteiger partial charge in [-0.3, -0.25) is 0 Å². The van der Waals surface area contributed by atoms with E-state index in [1.165, 1.54) is 24.5 Å². The van der Waals surface area contributed by atoms with Gasteiger partial charge in [0, 0.05) is 5.39 Å². The zero-order valence-electron chi connectivity index (χ0n) is 11.0. The summed E-state index contributed by atoms with van der Waals surface area (Å²) in [4.78, 5) is 0. The van der Waals surface area contributed by atoms with E-state index >= 15 is 0 Å². The van der Waals surface area contributed by atoms with E-state index in [1.807, 2.05) is 18.2 Å². The second-order valence-corrected chi connectivity index (χ2v) is 4.93. The zero-order chi connectivity index (χ0) is 13.0. The lowest BCUT2D eigenvalue weighted by Crippen LogP contribution is -1.96. The molecule has 2 aromatic rings. The highest BCUT2D eigenvalue weighted by Gasteiger charge is 2.10. The lowest BCUT2D eigenvalue weighted by Gasteiger charge is -2.14. The summed E-state index contributed by atoms with van der Waals surface area (Å²) >= 11 is 0. The molecule has 0 spiro atoms. The minimum atomic E-state index is -0.126. The molecule has 1 atom stereocenters. The van der Waals surface area contributed by atoms with Crippen LogP contribution in [0, 0.1) is 12.7 Å². The molecule has 1 radical (unpaired) electrons. The predicted octanol–water partition coefficient (Wildman–Crippen LogP) is 5.48. The van der Waals surface area contributed by atoms with E-state index in [2.05, 4.69) is 19.9 Å². The van der Waals surface area contributed by atoms with Gasteiger partial charge in [-0.05, 0) is 29.4 Å². The summed E-state index contributed by atoms with van der Waals surface area (Å²) in [6.45, 7) is 6.09. The summed E-state index contributed by atoms with van der Waals surface area (Å²) in [5, 5.41) is 1.79. The first-order valence-corrected chi connectivity index (χ1v) is 6.70. The number of hydrogen-bond donors (Lipinski definition) is 0. The van der Waals surface area contributed by atoms with Crippen molar-refractivity contribution in [2.75, 3.05) is 0 Å². The van der Waals surface area contributed by atoms with Gasteiger partial charge in [-0.25, -0.2) is 4.39 Å². The lowest BCUT2D eigenvalue weighted by atomic mass is 9.91. The Kier molecular flexibility index (Phi) is 4.35. The van der Waals surface area contributed by atoms with Crippen LogP contribution in [0.5, 0.6) is 0 Å². The van der Waals surface area contributed by atoms with E-state index in [1.54, 1.807) is 6.07 Å². The Balaban J connectivity index is 2.30. The van der Waals surface area contributed by atoms with E-state index in [4.69, 9.17) is 0 Å². The average Bonchev–Trinajstić information content (AvgIpc) is 2.39. The van der Waals surface area contributed by atoms with Gasteiger partial charge >= 0.3 is 0 Å². The second kappa shape index (κ2) is 5.99. The van der Waals surface area contributed by atoms with Gasteiger partial charge in [0.2, 0.25) is 0 Å². The van der Waals surface area contributed by atoms with Crippen molar-refractivity contribution in [3.8, 4) is 0 Å². The maximum Gasteiger partial charge on any atom is 0.131 e. The van der Waals surface area contributed by atoms with Crippen LogP contribution in [-0.4, -0.2) is 0 Å². The highest BCUT2D eigenvalue weighted by Crippen LogP contribution is 2.30. The molecule has 0 fully saturated rings. The molecule has 1 heteroatoms. The molecular formula is C17H20F. The van der Waals surface area contributed by atoms with Gasteiger partial charge in [0.1, 0.15) is 5.82 Å². The van der Waals surface area contributed by atoms with Crippen molar-refractivity contribution in [2.24, 2.45) is 0 Å². The number of benzene rings is 2. The van der Waals surface area contributed by atoms with Crippen molar-refractivity contribution in [3.63, 3.8) is 0 Å². The van der Waals surface area contributed by atoms with Crippen LogP contribution in [0.25, 0.3) is 10.8 Å². The Labute approximate surface area is 109 Å². The van der Waals surface area contributed by atoms with Crippen LogP contribution in [0.4, 0.5) is 4.39 Å². The first kappa shape index (κ1) is 13.1. The predicted molar refractivity (Wildman–Crippen MR) is 76.1 cm³/mol. The van der Waals surface area contributed by atoms with Crippen LogP contribution < -0.4 is 0 Å². The van der Waals surface area contributed by atoms with E-state index in [-0.39, 0.29) is 5.82 Å². The second-order valence-electron chi connectivity index (χ2n) is 4.93. The quantitative estimate of drug-likeness (QED) is 0.610. The third kappa shape index (κ3) is 2.72. The molecule has 0 aromatic heterocycles. The van der Waals surface area contributed by atoms with Crippen molar-refractivity contribution in [1.29, 1.82) is 0 Å². The third-order valence-corrected chi connectivity index (χ3v) is 3.57. The Bertz CT molecular complexity index is 516. The molecule has 18 heavy (non-hydrogen) atoms. The van der Waals surface area contributed by atoms with Gasteiger partial charge < -0.3 is 0 Å². The summed E-state index contributed by atoms with van der Waals surface area (Å²) < 4.78 is 13.7. The average molecular weight is 243 g/mol. The van der Waals surface area contributed by atoms with Gasteiger partial charge in [0.05, 0.1) is 0 Å². The molecule has 0 bridgehead atoms. The van der Waals surface area contributed by atoms with E-state index in [0.29, 0.717) is 5.92 Å². The van der Waals surface area contributed by atoms with Gasteiger partial charge in [0.25, 0.3) is 0 Å². The van der Waals surface area contributed by atoms with Crippen molar-refractivity contribution in [2.45, 2.75) is 38.5 Å². The molecule has 0 aliphatic carbocycles. The van der Waals surface area contributed by atoms with Gasteiger partial charge in [-0.1, -0.05) is 63.4 Å². The number of fused-ring (bicyclic) bond motifs is 1. The fourth-order valence-electron chi connectivity index (χ4n) is 2.51. The maximum absolute atomic E-state index is 13.7. The van der Waals surface area contributed by atoms with E-state index in [9.17, 15) is 4.39 Å². The van der Waals surface area contributed by atoms with Gasteiger partial charge in [0.15, 0.2) is 0 Å². The fraction of sp³-hybridized carbons (Fsp3) is 0.353. The summed E-state index contributed by atoms with van der Waals surface area (Å²) in [5.74, 6) is 0.348. The van der Waals surface area contributed by atoms with Crippen LogP contribution >= 0.6 is 0 Å². The molecule has 2 aromatic carbocycles. The lowest BCUT2D eigenvalue weighted by molar-refractivity contribution is 0.610. The SMILES string of the molecule is [CH2]CCCCC(C)c1cccc2c(F)cccc12. The monoisotopic (exact) mass is 243 g/mol. The zero-order valence-corrected chi connectivity index (χ0v) is 11.0. The molecule has 2 rings (SSSR count). The summed E-state index contributed by atoms with van der Waals surface area (Å²) in [5.41, 5.74) is 1.26. The molecule has 95 valence electrons. The normalized spacial score (nSPS) is 12.8. The first-order chi connectivity index (χ1) is 8.74. The van der Waals surface area contributed by atoms with Crippen LogP contribution in [-0.2, 0) is 0 Å². The highest BCUT2D eigenvalue weighted by molar-refractivity contribution is 5.86. The van der Waals surface area contributed by atoms with E-state index in [0.717, 1.165) is 23.6 Å². The minimum Gasteiger partial charge on any atom is -0.206 e. The van der Waals surface area contributed by atoms with Crippen LogP contribution in [0.3, 0.4) is 0 Å². The number of halogens is 1. The summed E-state index contributed by atoms with van der Waals surface area (Å²) in [7, 11) is 0. The Morgan fingerprint density at radius 2 is 1.78 bits per heavy atom.